The van der Waals surface area contributed by atoms with Gasteiger partial charge in [0.1, 0.15) is 29.0 Å². The van der Waals surface area contributed by atoms with Crippen LogP contribution >= 0.6 is 0 Å². The molecule has 0 bridgehead atoms. The molecule has 6 nitrogen and oxygen atoms in total. The fourth-order valence-corrected chi connectivity index (χ4v) is 5.96. The van der Waals surface area contributed by atoms with Crippen LogP contribution in [0.2, 0.25) is 0 Å². The molecule has 4 atom stereocenters. The second kappa shape index (κ2) is 10.1. The lowest BCUT2D eigenvalue weighted by molar-refractivity contribution is -0.131. The summed E-state index contributed by atoms with van der Waals surface area (Å²) in [5.74, 6) is -1.55. The summed E-state index contributed by atoms with van der Waals surface area (Å²) < 4.78 is 55.6. The Kier molecular flexibility index (Phi) is 7.06. The number of hydrogen-bond acceptors (Lipinski definition) is 4. The van der Waals surface area contributed by atoms with E-state index in [2.05, 4.69) is 5.10 Å². The van der Waals surface area contributed by atoms with Crippen molar-refractivity contribution in [3.05, 3.63) is 77.6 Å². The molecule has 2 aromatic heterocycles. The molecule has 0 saturated heterocycles. The molecule has 9 heteroatoms. The van der Waals surface area contributed by atoms with Gasteiger partial charge in [0, 0.05) is 47.9 Å². The molecule has 1 aliphatic heterocycles. The van der Waals surface area contributed by atoms with E-state index in [1.165, 1.54) is 26.8 Å². The number of aliphatic carboxylic acids is 1. The molecule has 0 saturated carbocycles. The number of furan rings is 1. The summed E-state index contributed by atoms with van der Waals surface area (Å²) in [5, 5.41) is 14.2. The first-order valence-corrected chi connectivity index (χ1v) is 13.5. The van der Waals surface area contributed by atoms with Gasteiger partial charge in [-0.1, -0.05) is 6.07 Å². The van der Waals surface area contributed by atoms with E-state index in [0.29, 0.717) is 17.8 Å². The molecule has 2 unspecified atom stereocenters. The van der Waals surface area contributed by atoms with Crippen LogP contribution in [0.25, 0.3) is 22.1 Å². The lowest BCUT2D eigenvalue weighted by Gasteiger charge is -2.50. The standard InChI is InChI=1S/C31H34F3N3O3/c1-6-36-16-21(15-35-36)20-8-9-24-22(14-20)23-11-18(2)37(17-30(3,4)34)29(28(23)40-24)31(5)25(32)12-19(13-26(31)33)7-10-27(38)39/h7-10,12-16,18,25,29H,6,11,17H2,1-5H3,(H,38,39)/b10-7+/t18-,25?,29+,31?/m1/s1. The smallest absolute Gasteiger partial charge is 0.328 e. The first-order valence-electron chi connectivity index (χ1n) is 13.5. The Morgan fingerprint density at radius 1 is 1.32 bits per heavy atom. The van der Waals surface area contributed by atoms with Crippen molar-refractivity contribution in [3.63, 3.8) is 0 Å². The van der Waals surface area contributed by atoms with Crippen LogP contribution in [0.5, 0.6) is 0 Å². The highest BCUT2D eigenvalue weighted by molar-refractivity contribution is 5.87. The van der Waals surface area contributed by atoms with Crippen LogP contribution in [0, 0.1) is 5.41 Å². The number of aromatic nitrogens is 2. The Labute approximate surface area is 231 Å². The van der Waals surface area contributed by atoms with Crippen LogP contribution in [-0.2, 0) is 17.8 Å². The van der Waals surface area contributed by atoms with Gasteiger partial charge in [0.25, 0.3) is 0 Å². The van der Waals surface area contributed by atoms with Crippen LogP contribution in [-0.4, -0.2) is 50.2 Å². The van der Waals surface area contributed by atoms with Crippen molar-refractivity contribution in [2.45, 2.75) is 71.5 Å². The Hall–Kier alpha value is -3.59. The zero-order valence-corrected chi connectivity index (χ0v) is 23.3. The highest BCUT2D eigenvalue weighted by atomic mass is 19.1. The number of aryl methyl sites for hydroxylation is 1. The van der Waals surface area contributed by atoms with Gasteiger partial charge in [-0.15, -0.1) is 0 Å². The minimum atomic E-state index is -1.83. The number of halogens is 3. The summed E-state index contributed by atoms with van der Waals surface area (Å²) in [6, 6.07) is 4.61. The van der Waals surface area contributed by atoms with Crippen LogP contribution < -0.4 is 0 Å². The maximum Gasteiger partial charge on any atom is 0.328 e. The second-order valence-corrected chi connectivity index (χ2v) is 11.6. The molecule has 1 aliphatic carbocycles. The van der Waals surface area contributed by atoms with E-state index in [1.54, 1.807) is 6.20 Å². The van der Waals surface area contributed by atoms with Crippen molar-refractivity contribution in [3.8, 4) is 11.1 Å². The fraction of sp³-hybridized carbons (Fsp3) is 0.419. The average molecular weight is 554 g/mol. The SMILES string of the molecule is CCn1cc(-c2ccc3oc4c(c3c2)C[C@@H](C)N(CC(C)(C)F)[C@@H]4C2(C)C(F)=CC(/C=C/C(=O)O)=CC2F)cn1. The largest absolute Gasteiger partial charge is 0.478 e. The van der Waals surface area contributed by atoms with Crippen molar-refractivity contribution in [2.75, 3.05) is 6.54 Å². The van der Waals surface area contributed by atoms with E-state index >= 15 is 13.2 Å². The predicted octanol–water partition coefficient (Wildman–Crippen LogP) is 7.13. The van der Waals surface area contributed by atoms with Crippen LogP contribution in [0.1, 0.15) is 52.0 Å². The highest BCUT2D eigenvalue weighted by Crippen LogP contribution is 2.56. The van der Waals surface area contributed by atoms with Crippen LogP contribution in [0.3, 0.4) is 0 Å². The molecule has 0 radical (unpaired) electrons. The number of hydrogen-bond donors (Lipinski definition) is 1. The molecule has 3 heterocycles. The summed E-state index contributed by atoms with van der Waals surface area (Å²) in [4.78, 5) is 12.8. The normalized spacial score (nSPS) is 25.8. The maximum absolute atomic E-state index is 16.1. The number of nitrogens with zero attached hydrogens (tertiary/aromatic N) is 3. The zero-order chi connectivity index (χ0) is 29.0. The number of allylic oxidation sites excluding steroid dienone is 4. The maximum atomic E-state index is 16.1. The lowest BCUT2D eigenvalue weighted by atomic mass is 9.69. The zero-order valence-electron chi connectivity index (χ0n) is 23.3. The van der Waals surface area contributed by atoms with E-state index in [4.69, 9.17) is 9.52 Å². The van der Waals surface area contributed by atoms with Crippen molar-refractivity contribution >= 4 is 16.9 Å². The number of carbonyl (C=O) groups is 1. The van der Waals surface area contributed by atoms with Gasteiger partial charge in [-0.3, -0.25) is 9.58 Å². The number of fused-ring (bicyclic) bond motifs is 3. The minimum Gasteiger partial charge on any atom is -0.478 e. The summed E-state index contributed by atoms with van der Waals surface area (Å²) in [5.41, 5.74) is 0.0849. The van der Waals surface area contributed by atoms with Gasteiger partial charge in [0.15, 0.2) is 0 Å². The number of benzene rings is 1. The molecule has 5 rings (SSSR count). The minimum absolute atomic E-state index is 0.0537. The Morgan fingerprint density at radius 2 is 2.08 bits per heavy atom. The topological polar surface area (TPSA) is 71.5 Å². The molecule has 0 amide bonds. The summed E-state index contributed by atoms with van der Waals surface area (Å²) in [6.07, 6.45) is 6.82. The molecule has 1 aromatic carbocycles. The molecular formula is C31H34F3N3O3. The van der Waals surface area contributed by atoms with Crippen molar-refractivity contribution in [1.82, 2.24) is 14.7 Å². The molecular weight excluding hydrogens is 519 g/mol. The third kappa shape index (κ3) is 4.91. The molecule has 0 spiro atoms. The van der Waals surface area contributed by atoms with Crippen LogP contribution in [0.15, 0.2) is 70.7 Å². The number of carboxylic acid groups (broad SMARTS) is 1. The van der Waals surface area contributed by atoms with Crippen molar-refractivity contribution in [2.24, 2.45) is 5.41 Å². The van der Waals surface area contributed by atoms with Gasteiger partial charge in [-0.25, -0.2) is 18.0 Å². The molecule has 3 aromatic rings. The fourth-order valence-electron chi connectivity index (χ4n) is 5.96. The molecule has 0 fully saturated rings. The Bertz CT molecular complexity index is 1540. The molecule has 1 N–H and O–H groups in total. The summed E-state index contributed by atoms with van der Waals surface area (Å²) >= 11 is 0. The van der Waals surface area contributed by atoms with Gasteiger partial charge in [-0.05, 0) is 82.5 Å². The molecule has 212 valence electrons. The molecule has 40 heavy (non-hydrogen) atoms. The molecule has 2 aliphatic rings. The predicted molar refractivity (Wildman–Crippen MR) is 148 cm³/mol. The average Bonchev–Trinajstić information content (AvgIpc) is 3.50. The number of alkyl halides is 2. The van der Waals surface area contributed by atoms with E-state index < -0.39 is 35.1 Å². The second-order valence-electron chi connectivity index (χ2n) is 11.6. The quantitative estimate of drug-likeness (QED) is 0.315. The number of carboxylic acids is 1. The van der Waals surface area contributed by atoms with E-state index in [-0.39, 0.29) is 18.2 Å². The Balaban J connectivity index is 1.66. The Morgan fingerprint density at radius 3 is 2.70 bits per heavy atom. The summed E-state index contributed by atoms with van der Waals surface area (Å²) in [7, 11) is 0. The number of rotatable bonds is 7. The van der Waals surface area contributed by atoms with E-state index in [0.717, 1.165) is 46.8 Å². The van der Waals surface area contributed by atoms with E-state index in [9.17, 15) is 4.79 Å². The van der Waals surface area contributed by atoms with Crippen LogP contribution in [0.4, 0.5) is 13.2 Å². The van der Waals surface area contributed by atoms with Gasteiger partial charge in [-0.2, -0.15) is 5.10 Å². The van der Waals surface area contributed by atoms with Crippen molar-refractivity contribution < 1.29 is 27.5 Å². The van der Waals surface area contributed by atoms with Gasteiger partial charge >= 0.3 is 5.97 Å². The van der Waals surface area contributed by atoms with E-state index in [1.807, 2.05) is 47.8 Å². The van der Waals surface area contributed by atoms with Gasteiger partial charge < -0.3 is 9.52 Å². The lowest BCUT2D eigenvalue weighted by Crippen LogP contribution is -2.54. The first-order chi connectivity index (χ1) is 18.8. The monoisotopic (exact) mass is 553 g/mol. The first kappa shape index (κ1) is 28.0. The van der Waals surface area contributed by atoms with Crippen molar-refractivity contribution in [1.29, 1.82) is 0 Å². The highest BCUT2D eigenvalue weighted by Gasteiger charge is 2.55. The summed E-state index contributed by atoms with van der Waals surface area (Å²) in [6.45, 7) is 9.02. The van der Waals surface area contributed by atoms with Gasteiger partial charge in [0.2, 0.25) is 0 Å². The van der Waals surface area contributed by atoms with Gasteiger partial charge in [0.05, 0.1) is 17.7 Å². The third-order valence-electron chi connectivity index (χ3n) is 8.02. The third-order valence-corrected chi connectivity index (χ3v) is 8.02.